The Labute approximate surface area is 198 Å². The van der Waals surface area contributed by atoms with Crippen LogP contribution in [0.3, 0.4) is 0 Å². The minimum absolute atomic E-state index is 0.0707. The lowest BCUT2D eigenvalue weighted by Gasteiger charge is -2.33. The highest BCUT2D eigenvalue weighted by Gasteiger charge is 2.27. The Morgan fingerprint density at radius 2 is 1.82 bits per heavy atom. The van der Waals surface area contributed by atoms with Crippen LogP contribution in [0, 0.1) is 0 Å². The fraction of sp³-hybridized carbons (Fsp3) is 0.375. The van der Waals surface area contributed by atoms with Crippen molar-refractivity contribution in [3.05, 3.63) is 59.1 Å². The van der Waals surface area contributed by atoms with Gasteiger partial charge in [-0.3, -0.25) is 9.59 Å². The van der Waals surface area contributed by atoms with Crippen LogP contribution < -0.4 is 20.7 Å². The van der Waals surface area contributed by atoms with E-state index in [-0.39, 0.29) is 23.9 Å². The number of carbonyl (C=O) groups is 3. The van der Waals surface area contributed by atoms with Gasteiger partial charge in [-0.2, -0.15) is 0 Å². The summed E-state index contributed by atoms with van der Waals surface area (Å²) >= 11 is 5.88. The Kier molecular flexibility index (Phi) is 8.54. The number of methoxy groups -OCH3 is 1. The third-order valence-corrected chi connectivity index (χ3v) is 5.74. The third-order valence-electron chi connectivity index (χ3n) is 5.49. The van der Waals surface area contributed by atoms with Crippen LogP contribution in [0.1, 0.15) is 25.3 Å². The number of nitrogens with one attached hydrogen (secondary N) is 3. The fourth-order valence-corrected chi connectivity index (χ4v) is 3.88. The van der Waals surface area contributed by atoms with Crippen molar-refractivity contribution in [3.63, 3.8) is 0 Å². The Bertz CT molecular complexity index is 975. The first-order valence-corrected chi connectivity index (χ1v) is 11.2. The summed E-state index contributed by atoms with van der Waals surface area (Å²) < 4.78 is 5.24. The zero-order valence-electron chi connectivity index (χ0n) is 18.8. The average molecular weight is 473 g/mol. The Balaban J connectivity index is 1.52. The van der Waals surface area contributed by atoms with Crippen molar-refractivity contribution in [1.82, 2.24) is 15.5 Å². The molecule has 0 radical (unpaired) electrons. The number of anilines is 1. The van der Waals surface area contributed by atoms with E-state index in [9.17, 15) is 14.4 Å². The number of amides is 4. The highest BCUT2D eigenvalue weighted by atomic mass is 35.5. The molecule has 0 unspecified atom stereocenters. The van der Waals surface area contributed by atoms with Crippen LogP contribution >= 0.6 is 11.6 Å². The van der Waals surface area contributed by atoms with Gasteiger partial charge in [-0.15, -0.1) is 0 Å². The van der Waals surface area contributed by atoms with E-state index in [4.69, 9.17) is 16.3 Å². The van der Waals surface area contributed by atoms with Gasteiger partial charge in [0.25, 0.3) is 0 Å². The lowest BCUT2D eigenvalue weighted by Crippen LogP contribution is -2.53. The molecule has 33 heavy (non-hydrogen) atoms. The van der Waals surface area contributed by atoms with E-state index in [0.717, 1.165) is 5.56 Å². The largest absolute Gasteiger partial charge is 0.497 e. The van der Waals surface area contributed by atoms with E-state index in [2.05, 4.69) is 16.0 Å². The van der Waals surface area contributed by atoms with Crippen molar-refractivity contribution in [2.24, 2.45) is 0 Å². The summed E-state index contributed by atoms with van der Waals surface area (Å²) in [5, 5.41) is 9.23. The van der Waals surface area contributed by atoms with Crippen molar-refractivity contribution in [2.75, 3.05) is 25.5 Å². The summed E-state index contributed by atoms with van der Waals surface area (Å²) in [6, 6.07) is 13.4. The molecule has 2 aromatic rings. The predicted molar refractivity (Wildman–Crippen MR) is 128 cm³/mol. The van der Waals surface area contributed by atoms with Crippen LogP contribution in [0.5, 0.6) is 5.75 Å². The van der Waals surface area contributed by atoms with E-state index in [0.29, 0.717) is 48.8 Å². The average Bonchev–Trinajstić information content (AvgIpc) is 2.80. The predicted octanol–water partition coefficient (Wildman–Crippen LogP) is 3.21. The van der Waals surface area contributed by atoms with Crippen LogP contribution in [0.25, 0.3) is 0 Å². The lowest BCUT2D eigenvalue weighted by molar-refractivity contribution is -0.128. The topological polar surface area (TPSA) is 99.8 Å². The van der Waals surface area contributed by atoms with Gasteiger partial charge in [-0.05, 0) is 54.8 Å². The lowest BCUT2D eigenvalue weighted by atomic mass is 10.0. The number of piperidine rings is 1. The number of rotatable bonds is 7. The number of hydrogen-bond acceptors (Lipinski definition) is 4. The molecule has 1 atom stereocenters. The number of carbonyl (C=O) groups excluding carboxylic acids is 3. The summed E-state index contributed by atoms with van der Waals surface area (Å²) in [5.74, 6) is 0.183. The molecule has 0 spiro atoms. The second-order valence-corrected chi connectivity index (χ2v) is 8.45. The SMILES string of the molecule is COc1cccc(C[C@H](NC(C)=O)C(=O)NC2CCN(C(=O)Nc3ccc(Cl)cc3)CC2)c1. The van der Waals surface area contributed by atoms with Gasteiger partial charge in [0.15, 0.2) is 0 Å². The van der Waals surface area contributed by atoms with E-state index in [1.807, 2.05) is 24.3 Å². The molecule has 3 rings (SSSR count). The van der Waals surface area contributed by atoms with Gasteiger partial charge in [-0.25, -0.2) is 4.79 Å². The molecule has 1 heterocycles. The monoisotopic (exact) mass is 472 g/mol. The molecule has 1 aliphatic rings. The summed E-state index contributed by atoms with van der Waals surface area (Å²) in [6.07, 6.45) is 1.61. The van der Waals surface area contributed by atoms with Crippen LogP contribution in [-0.4, -0.2) is 55.0 Å². The van der Waals surface area contributed by atoms with Crippen LogP contribution in [0.15, 0.2) is 48.5 Å². The van der Waals surface area contributed by atoms with Crippen LogP contribution in [0.4, 0.5) is 10.5 Å². The first-order valence-electron chi connectivity index (χ1n) is 10.9. The number of benzene rings is 2. The molecule has 0 aromatic heterocycles. The molecule has 1 saturated heterocycles. The molecular formula is C24H29ClN4O4. The van der Waals surface area contributed by atoms with Crippen molar-refractivity contribution in [1.29, 1.82) is 0 Å². The molecule has 1 fully saturated rings. The molecule has 4 amide bonds. The fourth-order valence-electron chi connectivity index (χ4n) is 3.75. The Morgan fingerprint density at radius 3 is 2.45 bits per heavy atom. The van der Waals surface area contributed by atoms with Crippen molar-refractivity contribution in [3.8, 4) is 5.75 Å². The van der Waals surface area contributed by atoms with Crippen LogP contribution in [0.2, 0.25) is 5.02 Å². The zero-order chi connectivity index (χ0) is 23.8. The molecule has 0 bridgehead atoms. The van der Waals surface area contributed by atoms with Gasteiger partial charge >= 0.3 is 6.03 Å². The van der Waals surface area contributed by atoms with E-state index < -0.39 is 6.04 Å². The standard InChI is InChI=1S/C24H29ClN4O4/c1-16(30)26-22(15-17-4-3-5-21(14-17)33-2)23(31)27-20-10-12-29(13-11-20)24(32)28-19-8-6-18(25)7-9-19/h3-9,14,20,22H,10-13,15H2,1-2H3,(H,26,30)(H,27,31)(H,28,32)/t22-/m0/s1. The maximum Gasteiger partial charge on any atom is 0.321 e. The van der Waals surface area contributed by atoms with Gasteiger partial charge in [0.1, 0.15) is 11.8 Å². The second-order valence-electron chi connectivity index (χ2n) is 8.02. The quantitative estimate of drug-likeness (QED) is 0.576. The molecule has 176 valence electrons. The van der Waals surface area contributed by atoms with Crippen LogP contribution in [-0.2, 0) is 16.0 Å². The number of likely N-dealkylation sites (tertiary alicyclic amines) is 1. The Morgan fingerprint density at radius 1 is 1.12 bits per heavy atom. The van der Waals surface area contributed by atoms with Gasteiger partial charge in [0, 0.05) is 43.2 Å². The maximum absolute atomic E-state index is 12.9. The number of nitrogens with zero attached hydrogens (tertiary/aromatic N) is 1. The van der Waals surface area contributed by atoms with Crippen molar-refractivity contribution >= 4 is 35.1 Å². The third kappa shape index (κ3) is 7.39. The minimum atomic E-state index is -0.694. The van der Waals surface area contributed by atoms with Gasteiger partial charge in [-0.1, -0.05) is 23.7 Å². The van der Waals surface area contributed by atoms with Gasteiger partial charge in [0.2, 0.25) is 11.8 Å². The maximum atomic E-state index is 12.9. The molecule has 1 aliphatic heterocycles. The summed E-state index contributed by atoms with van der Waals surface area (Å²) in [6.45, 7) is 2.43. The zero-order valence-corrected chi connectivity index (χ0v) is 19.5. The second kappa shape index (κ2) is 11.6. The summed E-state index contributed by atoms with van der Waals surface area (Å²) in [5.41, 5.74) is 1.56. The Hall–Kier alpha value is -3.26. The van der Waals surface area contributed by atoms with E-state index in [1.54, 1.807) is 36.3 Å². The minimum Gasteiger partial charge on any atom is -0.497 e. The molecular weight excluding hydrogens is 444 g/mol. The highest BCUT2D eigenvalue weighted by Crippen LogP contribution is 2.17. The van der Waals surface area contributed by atoms with E-state index in [1.165, 1.54) is 6.92 Å². The van der Waals surface area contributed by atoms with Crippen molar-refractivity contribution < 1.29 is 19.1 Å². The molecule has 8 nitrogen and oxygen atoms in total. The first kappa shape index (κ1) is 24.4. The summed E-state index contributed by atoms with van der Waals surface area (Å²) in [4.78, 5) is 38.8. The number of ether oxygens (including phenoxy) is 1. The molecule has 3 N–H and O–H groups in total. The number of urea groups is 1. The highest BCUT2D eigenvalue weighted by molar-refractivity contribution is 6.30. The molecule has 0 saturated carbocycles. The molecule has 9 heteroatoms. The van der Waals surface area contributed by atoms with E-state index >= 15 is 0 Å². The molecule has 2 aromatic carbocycles. The first-order chi connectivity index (χ1) is 15.8. The molecule has 0 aliphatic carbocycles. The van der Waals surface area contributed by atoms with Gasteiger partial charge < -0.3 is 25.6 Å². The normalized spacial score (nSPS) is 14.8. The van der Waals surface area contributed by atoms with Gasteiger partial charge in [0.05, 0.1) is 7.11 Å². The summed E-state index contributed by atoms with van der Waals surface area (Å²) in [7, 11) is 1.58. The smallest absolute Gasteiger partial charge is 0.321 e. The van der Waals surface area contributed by atoms with Crippen molar-refractivity contribution in [2.45, 2.75) is 38.3 Å². The number of hydrogen-bond donors (Lipinski definition) is 3. The number of halogens is 1.